The van der Waals surface area contributed by atoms with Crippen molar-refractivity contribution in [2.45, 2.75) is 84.6 Å². The predicted molar refractivity (Wildman–Crippen MR) is 98.4 cm³/mol. The second-order valence-electron chi connectivity index (χ2n) is 6.73. The van der Waals surface area contributed by atoms with E-state index < -0.39 is 0 Å². The smallest absolute Gasteiger partial charge is 0.0885 e. The molecule has 0 aromatic rings. The van der Waals surface area contributed by atoms with E-state index in [0.717, 1.165) is 12.3 Å². The summed E-state index contributed by atoms with van der Waals surface area (Å²) in [7, 11) is 1.96. The molecule has 3 heteroatoms. The molecule has 0 amide bonds. The van der Waals surface area contributed by atoms with Gasteiger partial charge in [0, 0.05) is 17.5 Å². The Morgan fingerprint density at radius 2 is 1.95 bits per heavy atom. The fourth-order valence-electron chi connectivity index (χ4n) is 3.36. The third-order valence-corrected chi connectivity index (χ3v) is 4.63. The van der Waals surface area contributed by atoms with Crippen molar-refractivity contribution in [3.63, 3.8) is 0 Å². The third kappa shape index (κ3) is 7.98. The second-order valence-corrected chi connectivity index (χ2v) is 6.73. The minimum Gasteiger partial charge on any atom is -0.386 e. The molecule has 1 aliphatic carbocycles. The van der Waals surface area contributed by atoms with Gasteiger partial charge in [-0.15, -0.1) is 0 Å². The number of hydrogen-bond donors (Lipinski definition) is 2. The first-order valence-corrected chi connectivity index (χ1v) is 9.32. The zero-order valence-corrected chi connectivity index (χ0v) is 15.3. The first-order valence-electron chi connectivity index (χ1n) is 9.32. The molecule has 0 spiro atoms. The summed E-state index contributed by atoms with van der Waals surface area (Å²) in [6.45, 7) is 7.49. The van der Waals surface area contributed by atoms with Crippen LogP contribution in [0.4, 0.5) is 0 Å². The first kappa shape index (κ1) is 19.2. The maximum atomic E-state index is 4.73. The van der Waals surface area contributed by atoms with Crippen LogP contribution in [-0.4, -0.2) is 25.5 Å². The number of hydrogen-bond acceptors (Lipinski definition) is 3. The van der Waals surface area contributed by atoms with Gasteiger partial charge in [0.05, 0.1) is 6.67 Å². The number of nitrogens with zero attached hydrogens (tertiary/aromatic N) is 1. The molecule has 1 fully saturated rings. The molecule has 2 N–H and O–H groups in total. The van der Waals surface area contributed by atoms with Gasteiger partial charge < -0.3 is 10.6 Å². The van der Waals surface area contributed by atoms with E-state index in [2.05, 4.69) is 37.5 Å². The highest BCUT2D eigenvalue weighted by molar-refractivity contribution is 5.95. The zero-order chi connectivity index (χ0) is 16.2. The Morgan fingerprint density at radius 1 is 1.23 bits per heavy atom. The van der Waals surface area contributed by atoms with Crippen LogP contribution in [0.25, 0.3) is 0 Å². The van der Waals surface area contributed by atoms with Gasteiger partial charge in [-0.25, -0.2) is 0 Å². The Bertz CT molecular complexity index is 341. The topological polar surface area (TPSA) is 36.4 Å². The zero-order valence-electron chi connectivity index (χ0n) is 15.3. The number of rotatable bonds is 10. The van der Waals surface area contributed by atoms with Crippen molar-refractivity contribution in [2.24, 2.45) is 10.9 Å². The lowest BCUT2D eigenvalue weighted by atomic mass is 9.93. The van der Waals surface area contributed by atoms with Crippen LogP contribution in [0, 0.1) is 5.92 Å². The summed E-state index contributed by atoms with van der Waals surface area (Å²) in [5, 5.41) is 6.85. The average Bonchev–Trinajstić information content (AvgIpc) is 2.52. The fraction of sp³-hybridized carbons (Fsp3) is 0.842. The summed E-state index contributed by atoms with van der Waals surface area (Å²) < 4.78 is 0. The number of aliphatic imine (C=N–C) groups is 1. The van der Waals surface area contributed by atoms with Gasteiger partial charge >= 0.3 is 0 Å². The van der Waals surface area contributed by atoms with Gasteiger partial charge in [-0.2, -0.15) is 0 Å². The molecule has 0 aromatic carbocycles. The molecule has 1 atom stereocenters. The Hall–Kier alpha value is -0.830. The first-order chi connectivity index (χ1) is 10.7. The second kappa shape index (κ2) is 11.7. The van der Waals surface area contributed by atoms with Crippen molar-refractivity contribution in [1.29, 1.82) is 0 Å². The lowest BCUT2D eigenvalue weighted by Gasteiger charge is -2.24. The minimum absolute atomic E-state index is 0.674. The molecule has 3 nitrogen and oxygen atoms in total. The summed E-state index contributed by atoms with van der Waals surface area (Å²) in [6, 6.07) is 0.674. The van der Waals surface area contributed by atoms with E-state index in [-0.39, 0.29) is 0 Å². The molecule has 0 heterocycles. The molecule has 1 saturated carbocycles. The standard InChI is InChI=1S/C19H37N3/c1-5-10-17(6-2)14-19(21-15-20-4)13-16(3)22-18-11-8-7-9-12-18/h13,17-18,20,22H,5-12,14-15H2,1-4H3/b16-13+,21-19+. The molecule has 1 aliphatic rings. The van der Waals surface area contributed by atoms with Crippen molar-refractivity contribution in [3.8, 4) is 0 Å². The van der Waals surface area contributed by atoms with Crippen LogP contribution in [0.5, 0.6) is 0 Å². The van der Waals surface area contributed by atoms with Crippen LogP contribution in [0.1, 0.15) is 78.6 Å². The van der Waals surface area contributed by atoms with Gasteiger partial charge in [-0.05, 0) is 45.2 Å². The molecule has 1 unspecified atom stereocenters. The molecule has 1 rings (SSSR count). The van der Waals surface area contributed by atoms with Crippen LogP contribution in [0.15, 0.2) is 16.8 Å². The monoisotopic (exact) mass is 307 g/mol. The van der Waals surface area contributed by atoms with Crippen molar-refractivity contribution in [3.05, 3.63) is 11.8 Å². The molecule has 0 aromatic heterocycles. The van der Waals surface area contributed by atoms with Crippen molar-refractivity contribution < 1.29 is 0 Å². The predicted octanol–water partition coefficient (Wildman–Crippen LogP) is 4.65. The summed E-state index contributed by atoms with van der Waals surface area (Å²) in [4.78, 5) is 4.73. The summed E-state index contributed by atoms with van der Waals surface area (Å²) in [6.07, 6.45) is 14.0. The molecule has 128 valence electrons. The lowest BCUT2D eigenvalue weighted by molar-refractivity contribution is 0.397. The van der Waals surface area contributed by atoms with E-state index in [4.69, 9.17) is 4.99 Å². The Morgan fingerprint density at radius 3 is 2.55 bits per heavy atom. The Labute approximate surface area is 138 Å². The number of allylic oxidation sites excluding steroid dienone is 2. The maximum absolute atomic E-state index is 4.73. The molecular formula is C19H37N3. The molecule has 0 aliphatic heterocycles. The fourth-order valence-corrected chi connectivity index (χ4v) is 3.36. The van der Waals surface area contributed by atoms with Crippen LogP contribution in [0.2, 0.25) is 0 Å². The van der Waals surface area contributed by atoms with E-state index in [1.54, 1.807) is 0 Å². The highest BCUT2D eigenvalue weighted by Gasteiger charge is 2.13. The van der Waals surface area contributed by atoms with Crippen LogP contribution >= 0.6 is 0 Å². The Kier molecular flexibility index (Phi) is 10.2. The average molecular weight is 308 g/mol. The van der Waals surface area contributed by atoms with Gasteiger partial charge in [0.2, 0.25) is 0 Å². The van der Waals surface area contributed by atoms with Gasteiger partial charge in [-0.3, -0.25) is 4.99 Å². The van der Waals surface area contributed by atoms with Gasteiger partial charge in [0.1, 0.15) is 0 Å². The van der Waals surface area contributed by atoms with E-state index in [9.17, 15) is 0 Å². The van der Waals surface area contributed by atoms with E-state index in [1.165, 1.54) is 62.8 Å². The van der Waals surface area contributed by atoms with Crippen LogP contribution in [-0.2, 0) is 0 Å². The van der Waals surface area contributed by atoms with Crippen molar-refractivity contribution >= 4 is 5.71 Å². The summed E-state index contributed by atoms with van der Waals surface area (Å²) in [5.41, 5.74) is 2.53. The molecule has 22 heavy (non-hydrogen) atoms. The molecule has 0 saturated heterocycles. The quantitative estimate of drug-likeness (QED) is 0.577. The largest absolute Gasteiger partial charge is 0.386 e. The van der Waals surface area contributed by atoms with Crippen molar-refractivity contribution in [2.75, 3.05) is 13.7 Å². The molecular weight excluding hydrogens is 270 g/mol. The SMILES string of the molecule is CCCC(CC)CC(/C=C(\C)NC1CCCCC1)=N/CNC. The van der Waals surface area contributed by atoms with Gasteiger partial charge in [0.15, 0.2) is 0 Å². The van der Waals surface area contributed by atoms with Crippen LogP contribution in [0.3, 0.4) is 0 Å². The van der Waals surface area contributed by atoms with Crippen LogP contribution < -0.4 is 10.6 Å². The van der Waals surface area contributed by atoms with E-state index in [0.29, 0.717) is 12.7 Å². The minimum atomic E-state index is 0.674. The van der Waals surface area contributed by atoms with Crippen molar-refractivity contribution in [1.82, 2.24) is 10.6 Å². The summed E-state index contributed by atoms with van der Waals surface area (Å²) in [5.74, 6) is 0.763. The number of nitrogens with one attached hydrogen (secondary N) is 2. The van der Waals surface area contributed by atoms with E-state index >= 15 is 0 Å². The highest BCUT2D eigenvalue weighted by Crippen LogP contribution is 2.19. The maximum Gasteiger partial charge on any atom is 0.0885 e. The Balaban J connectivity index is 2.62. The third-order valence-electron chi connectivity index (χ3n) is 4.63. The molecule has 0 bridgehead atoms. The van der Waals surface area contributed by atoms with Gasteiger partial charge in [-0.1, -0.05) is 52.4 Å². The lowest BCUT2D eigenvalue weighted by Crippen LogP contribution is -2.30. The highest BCUT2D eigenvalue weighted by atomic mass is 15.0. The van der Waals surface area contributed by atoms with Gasteiger partial charge in [0.25, 0.3) is 0 Å². The summed E-state index contributed by atoms with van der Waals surface area (Å²) >= 11 is 0. The van der Waals surface area contributed by atoms with E-state index in [1.807, 2.05) is 7.05 Å². The molecule has 0 radical (unpaired) electrons. The normalized spacial score (nSPS) is 19.3.